The van der Waals surface area contributed by atoms with E-state index in [1.807, 2.05) is 7.05 Å². The van der Waals surface area contributed by atoms with E-state index in [0.29, 0.717) is 6.61 Å². The monoisotopic (exact) mass is 321 g/mol. The zero-order chi connectivity index (χ0) is 15.8. The van der Waals surface area contributed by atoms with Gasteiger partial charge in [0.05, 0.1) is 6.54 Å². The first-order valence-electron chi connectivity index (χ1n) is 7.94. The number of nitrogens with one attached hydrogen (secondary N) is 2. The molecule has 2 N–H and O–H groups in total. The number of nitrogens with zero attached hydrogens (tertiary/aromatic N) is 1. The Hall–Kier alpha value is -1.36. The second-order valence-corrected chi connectivity index (χ2v) is 7.10. The molecule has 1 aromatic rings. The molecule has 0 saturated carbocycles. The molecule has 1 aliphatic heterocycles. The minimum atomic E-state index is 0.627. The van der Waals surface area contributed by atoms with Gasteiger partial charge in [-0.3, -0.25) is 4.99 Å². The third-order valence-electron chi connectivity index (χ3n) is 3.60. The Kier molecular flexibility index (Phi) is 6.90. The molecule has 1 heterocycles. The van der Waals surface area contributed by atoms with E-state index >= 15 is 0 Å². The van der Waals surface area contributed by atoms with E-state index in [4.69, 9.17) is 4.74 Å². The summed E-state index contributed by atoms with van der Waals surface area (Å²) in [6, 6.07) is 6.28. The van der Waals surface area contributed by atoms with Crippen LogP contribution in [0.1, 0.15) is 24.0 Å². The summed E-state index contributed by atoms with van der Waals surface area (Å²) in [7, 11) is 1.81. The molecule has 1 fully saturated rings. The molecule has 4 nitrogen and oxygen atoms in total. The average Bonchev–Trinajstić information content (AvgIpc) is 2.99. The highest BCUT2D eigenvalue weighted by atomic mass is 32.2. The van der Waals surface area contributed by atoms with E-state index in [-0.39, 0.29) is 0 Å². The molecule has 22 heavy (non-hydrogen) atoms. The zero-order valence-corrected chi connectivity index (χ0v) is 14.6. The van der Waals surface area contributed by atoms with E-state index in [2.05, 4.69) is 59.4 Å². The van der Waals surface area contributed by atoms with Crippen molar-refractivity contribution in [1.82, 2.24) is 10.6 Å². The Morgan fingerprint density at radius 1 is 1.27 bits per heavy atom. The van der Waals surface area contributed by atoms with Crippen molar-refractivity contribution in [2.45, 2.75) is 31.9 Å². The lowest BCUT2D eigenvalue weighted by Crippen LogP contribution is -2.41. The summed E-state index contributed by atoms with van der Waals surface area (Å²) in [5.74, 6) is 3.09. The Morgan fingerprint density at radius 3 is 2.68 bits per heavy atom. The predicted octanol–water partition coefficient (Wildman–Crippen LogP) is 2.74. The molecule has 0 aliphatic carbocycles. The number of thioether (sulfide) groups is 1. The molecule has 0 bridgehead atoms. The highest BCUT2D eigenvalue weighted by Crippen LogP contribution is 2.25. The third-order valence-corrected chi connectivity index (χ3v) is 5.00. The summed E-state index contributed by atoms with van der Waals surface area (Å²) >= 11 is 2.05. The van der Waals surface area contributed by atoms with Crippen molar-refractivity contribution in [3.8, 4) is 5.75 Å². The SMILES string of the molecule is CN=C(NCCOc1cc(C)cc(C)c1)NCC1CCCS1. The number of ether oxygens (including phenoxy) is 1. The van der Waals surface area contributed by atoms with Crippen LogP contribution in [0.3, 0.4) is 0 Å². The van der Waals surface area contributed by atoms with Crippen molar-refractivity contribution < 1.29 is 4.74 Å². The van der Waals surface area contributed by atoms with Gasteiger partial charge in [-0.2, -0.15) is 11.8 Å². The van der Waals surface area contributed by atoms with E-state index in [1.165, 1.54) is 29.7 Å². The van der Waals surface area contributed by atoms with Crippen molar-refractivity contribution in [2.24, 2.45) is 4.99 Å². The van der Waals surface area contributed by atoms with E-state index in [9.17, 15) is 0 Å². The molecule has 1 aromatic carbocycles. The van der Waals surface area contributed by atoms with Gasteiger partial charge in [-0.15, -0.1) is 0 Å². The molecule has 0 spiro atoms. The lowest BCUT2D eigenvalue weighted by Gasteiger charge is -2.15. The fraction of sp³-hybridized carbons (Fsp3) is 0.588. The van der Waals surface area contributed by atoms with Crippen LogP contribution >= 0.6 is 11.8 Å². The van der Waals surface area contributed by atoms with E-state index in [0.717, 1.165) is 30.0 Å². The first-order valence-corrected chi connectivity index (χ1v) is 8.99. The number of aryl methyl sites for hydroxylation is 2. The maximum absolute atomic E-state index is 5.79. The number of hydrogen-bond donors (Lipinski definition) is 2. The van der Waals surface area contributed by atoms with Crippen LogP contribution in [0.4, 0.5) is 0 Å². The predicted molar refractivity (Wildman–Crippen MR) is 96.3 cm³/mol. The molecule has 1 atom stereocenters. The average molecular weight is 321 g/mol. The van der Waals surface area contributed by atoms with Crippen molar-refractivity contribution >= 4 is 17.7 Å². The van der Waals surface area contributed by atoms with Crippen LogP contribution in [0.2, 0.25) is 0 Å². The Balaban J connectivity index is 1.65. The second kappa shape index (κ2) is 8.93. The van der Waals surface area contributed by atoms with Crippen LogP contribution < -0.4 is 15.4 Å². The van der Waals surface area contributed by atoms with Crippen molar-refractivity contribution in [3.05, 3.63) is 29.3 Å². The summed E-state index contributed by atoms with van der Waals surface area (Å²) < 4.78 is 5.79. The smallest absolute Gasteiger partial charge is 0.191 e. The quantitative estimate of drug-likeness (QED) is 0.480. The molecule has 0 amide bonds. The van der Waals surface area contributed by atoms with Crippen LogP contribution in [-0.2, 0) is 0 Å². The van der Waals surface area contributed by atoms with E-state index in [1.54, 1.807) is 0 Å². The van der Waals surface area contributed by atoms with Gasteiger partial charge in [-0.1, -0.05) is 6.07 Å². The Labute approximate surface area is 138 Å². The van der Waals surface area contributed by atoms with Gasteiger partial charge in [0.2, 0.25) is 0 Å². The van der Waals surface area contributed by atoms with Gasteiger partial charge in [0.1, 0.15) is 12.4 Å². The molecule has 5 heteroatoms. The number of benzene rings is 1. The van der Waals surface area contributed by atoms with Gasteiger partial charge in [0.15, 0.2) is 5.96 Å². The summed E-state index contributed by atoms with van der Waals surface area (Å²) in [5.41, 5.74) is 2.46. The highest BCUT2D eigenvalue weighted by Gasteiger charge is 2.15. The first kappa shape index (κ1) is 17.0. The molecule has 1 aliphatic rings. The van der Waals surface area contributed by atoms with Gasteiger partial charge < -0.3 is 15.4 Å². The van der Waals surface area contributed by atoms with Crippen LogP contribution in [-0.4, -0.2) is 43.7 Å². The molecule has 2 rings (SSSR count). The lowest BCUT2D eigenvalue weighted by atomic mass is 10.1. The van der Waals surface area contributed by atoms with E-state index < -0.39 is 0 Å². The summed E-state index contributed by atoms with van der Waals surface area (Å²) in [5, 5.41) is 7.42. The highest BCUT2D eigenvalue weighted by molar-refractivity contribution is 8.00. The maximum Gasteiger partial charge on any atom is 0.191 e. The number of guanidine groups is 1. The zero-order valence-electron chi connectivity index (χ0n) is 13.8. The largest absolute Gasteiger partial charge is 0.492 e. The van der Waals surface area contributed by atoms with Crippen LogP contribution in [0, 0.1) is 13.8 Å². The number of aliphatic imine (C=N–C) groups is 1. The minimum absolute atomic E-state index is 0.627. The third kappa shape index (κ3) is 5.79. The molecule has 1 saturated heterocycles. The molecule has 0 radical (unpaired) electrons. The molecule has 122 valence electrons. The van der Waals surface area contributed by atoms with Crippen LogP contribution in [0.15, 0.2) is 23.2 Å². The molecular weight excluding hydrogens is 294 g/mol. The van der Waals surface area contributed by atoms with Gasteiger partial charge in [0, 0.05) is 18.8 Å². The fourth-order valence-electron chi connectivity index (χ4n) is 2.59. The van der Waals surface area contributed by atoms with Crippen LogP contribution in [0.25, 0.3) is 0 Å². The fourth-order valence-corrected chi connectivity index (χ4v) is 3.79. The van der Waals surface area contributed by atoms with Gasteiger partial charge in [-0.25, -0.2) is 0 Å². The topological polar surface area (TPSA) is 45.7 Å². The minimum Gasteiger partial charge on any atom is -0.492 e. The van der Waals surface area contributed by atoms with Crippen molar-refractivity contribution in [1.29, 1.82) is 0 Å². The van der Waals surface area contributed by atoms with Gasteiger partial charge >= 0.3 is 0 Å². The number of hydrogen-bond acceptors (Lipinski definition) is 3. The number of rotatable bonds is 6. The lowest BCUT2D eigenvalue weighted by molar-refractivity contribution is 0.321. The summed E-state index contributed by atoms with van der Waals surface area (Å²) in [4.78, 5) is 4.25. The maximum atomic E-state index is 5.79. The van der Waals surface area contributed by atoms with Crippen molar-refractivity contribution in [2.75, 3.05) is 32.5 Å². The molecular formula is C17H27N3OS. The first-order chi connectivity index (χ1) is 10.7. The summed E-state index contributed by atoms with van der Waals surface area (Å²) in [6.07, 6.45) is 2.65. The van der Waals surface area contributed by atoms with Crippen molar-refractivity contribution in [3.63, 3.8) is 0 Å². The summed E-state index contributed by atoms with van der Waals surface area (Å²) in [6.45, 7) is 6.53. The van der Waals surface area contributed by atoms with Crippen LogP contribution in [0.5, 0.6) is 5.75 Å². The van der Waals surface area contributed by atoms with Gasteiger partial charge in [0.25, 0.3) is 0 Å². The Morgan fingerprint density at radius 2 is 2.05 bits per heavy atom. The molecule has 1 unspecified atom stereocenters. The molecule has 0 aromatic heterocycles. The standard InChI is InChI=1S/C17H27N3OS/c1-13-9-14(2)11-15(10-13)21-7-6-19-17(18-3)20-12-16-5-4-8-22-16/h9-11,16H,4-8,12H2,1-3H3,(H2,18,19,20). The Bertz CT molecular complexity index is 478. The van der Waals surface area contributed by atoms with Gasteiger partial charge in [-0.05, 0) is 55.7 Å². The second-order valence-electron chi connectivity index (χ2n) is 5.69. The normalized spacial score (nSPS) is 18.3.